The fourth-order valence-corrected chi connectivity index (χ4v) is 6.46. The summed E-state index contributed by atoms with van der Waals surface area (Å²) in [6, 6.07) is 2.27. The maximum absolute atomic E-state index is 13.1. The number of hydrogen-bond donors (Lipinski definition) is 0. The van der Waals surface area contributed by atoms with Crippen LogP contribution in [0.3, 0.4) is 0 Å². The van der Waals surface area contributed by atoms with E-state index in [1.807, 2.05) is 0 Å². The Morgan fingerprint density at radius 3 is 2.38 bits per heavy atom. The maximum atomic E-state index is 13.1. The van der Waals surface area contributed by atoms with E-state index in [4.69, 9.17) is 10.00 Å². The Morgan fingerprint density at radius 1 is 1.17 bits per heavy atom. The van der Waals surface area contributed by atoms with Crippen molar-refractivity contribution in [3.63, 3.8) is 0 Å². The van der Waals surface area contributed by atoms with Crippen LogP contribution in [0.4, 0.5) is 0 Å². The fourth-order valence-electron chi connectivity index (χ4n) is 6.46. The Balaban J connectivity index is 1.46. The first-order valence-corrected chi connectivity index (χ1v) is 9.94. The zero-order valence-electron chi connectivity index (χ0n) is 14.7. The van der Waals surface area contributed by atoms with Crippen molar-refractivity contribution in [1.29, 1.82) is 5.26 Å². The molecule has 24 heavy (non-hydrogen) atoms. The van der Waals surface area contributed by atoms with Crippen molar-refractivity contribution in [2.45, 2.75) is 69.7 Å². The molecule has 4 heteroatoms. The van der Waals surface area contributed by atoms with Gasteiger partial charge in [-0.3, -0.25) is 4.79 Å². The number of hydrogen-bond acceptors (Lipinski definition) is 3. The van der Waals surface area contributed by atoms with Crippen LogP contribution in [-0.4, -0.2) is 36.1 Å². The second-order valence-corrected chi connectivity index (χ2v) is 8.86. The third-order valence-electron chi connectivity index (χ3n) is 7.12. The molecule has 4 saturated carbocycles. The molecule has 0 aromatic heterocycles. The molecule has 0 radical (unpaired) electrons. The molecule has 0 unspecified atom stereocenters. The first kappa shape index (κ1) is 16.4. The highest BCUT2D eigenvalue weighted by Gasteiger charge is 2.54. The molecular weight excluding hydrogens is 300 g/mol. The molecule has 0 aromatic carbocycles. The first-order chi connectivity index (χ1) is 11.7. The monoisotopic (exact) mass is 330 g/mol. The van der Waals surface area contributed by atoms with E-state index < -0.39 is 0 Å². The molecule has 1 aliphatic heterocycles. The van der Waals surface area contributed by atoms with Gasteiger partial charge in [-0.1, -0.05) is 0 Å². The predicted molar refractivity (Wildman–Crippen MR) is 91.0 cm³/mol. The van der Waals surface area contributed by atoms with Gasteiger partial charge in [0, 0.05) is 31.7 Å². The first-order valence-electron chi connectivity index (χ1n) is 9.94. The molecule has 0 N–H and O–H groups in total. The molecule has 5 aliphatic rings. The zero-order chi connectivity index (χ0) is 16.6. The van der Waals surface area contributed by atoms with Crippen LogP contribution in [-0.2, 0) is 9.53 Å². The molecule has 1 amide bonds. The lowest BCUT2D eigenvalue weighted by molar-refractivity contribution is -0.151. The number of amides is 1. The van der Waals surface area contributed by atoms with Crippen LogP contribution in [0.5, 0.6) is 0 Å². The molecule has 1 saturated heterocycles. The van der Waals surface area contributed by atoms with Gasteiger partial charge in [0.25, 0.3) is 0 Å². The summed E-state index contributed by atoms with van der Waals surface area (Å²) in [4.78, 5) is 15.3. The average molecular weight is 330 g/mol. The van der Waals surface area contributed by atoms with Crippen molar-refractivity contribution < 1.29 is 9.53 Å². The van der Waals surface area contributed by atoms with E-state index in [9.17, 15) is 4.79 Å². The van der Waals surface area contributed by atoms with Crippen LogP contribution in [0.2, 0.25) is 0 Å². The molecule has 4 bridgehead atoms. The summed E-state index contributed by atoms with van der Waals surface area (Å²) in [5, 5.41) is 9.08. The topological polar surface area (TPSA) is 53.3 Å². The van der Waals surface area contributed by atoms with Gasteiger partial charge in [0.2, 0.25) is 5.91 Å². The average Bonchev–Trinajstić information content (AvgIpc) is 3.05. The molecule has 4 aliphatic carbocycles. The molecule has 132 valence electrons. The zero-order valence-corrected chi connectivity index (χ0v) is 14.7. The van der Waals surface area contributed by atoms with Crippen LogP contribution in [0.15, 0.2) is 0 Å². The molecule has 0 spiro atoms. The van der Waals surface area contributed by atoms with Gasteiger partial charge in [0.1, 0.15) is 0 Å². The number of carbonyl (C=O) groups excluding carboxylic acids is 1. The Bertz CT molecular complexity index is 483. The minimum absolute atomic E-state index is 0.0921. The van der Waals surface area contributed by atoms with Gasteiger partial charge in [0.05, 0.1) is 12.5 Å². The van der Waals surface area contributed by atoms with E-state index in [1.165, 1.54) is 38.5 Å². The van der Waals surface area contributed by atoms with Crippen LogP contribution in [0.1, 0.15) is 64.2 Å². The van der Waals surface area contributed by atoms with Crippen molar-refractivity contribution in [3.8, 4) is 6.07 Å². The van der Waals surface area contributed by atoms with Crippen molar-refractivity contribution in [2.24, 2.45) is 23.7 Å². The number of nitrogens with zero attached hydrogens (tertiary/aromatic N) is 2. The quantitative estimate of drug-likeness (QED) is 0.749. The predicted octanol–water partition coefficient (Wildman–Crippen LogP) is 3.51. The fraction of sp³-hybridized carbons (Fsp3) is 0.900. The third kappa shape index (κ3) is 3.08. The van der Waals surface area contributed by atoms with E-state index in [2.05, 4.69) is 11.0 Å². The standard InChI is InChI=1S/C20H30N2O2/c21-5-1-6-22(19(23)3-2-15-4-7-24-14-15)20-11-16-8-17(12-20)10-18(9-16)13-20/h15-18H,1-4,6-14H2/t15-,16?,17?,18?,20?/m0/s1. The van der Waals surface area contributed by atoms with Crippen molar-refractivity contribution >= 4 is 5.91 Å². The lowest BCUT2D eigenvalue weighted by Crippen LogP contribution is -2.61. The summed E-state index contributed by atoms with van der Waals surface area (Å²) in [6.07, 6.45) is 10.9. The summed E-state index contributed by atoms with van der Waals surface area (Å²) in [5.74, 6) is 3.35. The van der Waals surface area contributed by atoms with Gasteiger partial charge in [0.15, 0.2) is 0 Å². The molecule has 4 nitrogen and oxygen atoms in total. The molecular formula is C20H30N2O2. The SMILES string of the molecule is N#CCCN(C(=O)CC[C@H]1CCOC1)C12CC3CC(CC(C3)C1)C2. The molecule has 5 rings (SSSR count). The van der Waals surface area contributed by atoms with E-state index in [0.717, 1.165) is 43.8 Å². The molecule has 1 atom stereocenters. The second-order valence-electron chi connectivity index (χ2n) is 8.86. The number of ether oxygens (including phenoxy) is 1. The van der Waals surface area contributed by atoms with Crippen LogP contribution in [0.25, 0.3) is 0 Å². The Labute approximate surface area is 145 Å². The normalized spacial score (nSPS) is 39.8. The van der Waals surface area contributed by atoms with Gasteiger partial charge < -0.3 is 9.64 Å². The second kappa shape index (κ2) is 6.67. The van der Waals surface area contributed by atoms with Crippen molar-refractivity contribution in [1.82, 2.24) is 4.90 Å². The van der Waals surface area contributed by atoms with Crippen molar-refractivity contribution in [2.75, 3.05) is 19.8 Å². The molecule has 1 heterocycles. The lowest BCUT2D eigenvalue weighted by Gasteiger charge is -2.60. The van der Waals surface area contributed by atoms with E-state index in [-0.39, 0.29) is 5.54 Å². The van der Waals surface area contributed by atoms with Crippen LogP contribution in [0, 0.1) is 35.0 Å². The van der Waals surface area contributed by atoms with Gasteiger partial charge >= 0.3 is 0 Å². The van der Waals surface area contributed by atoms with Gasteiger partial charge in [-0.15, -0.1) is 0 Å². The Morgan fingerprint density at radius 2 is 1.83 bits per heavy atom. The van der Waals surface area contributed by atoms with E-state index >= 15 is 0 Å². The summed E-state index contributed by atoms with van der Waals surface area (Å²) >= 11 is 0. The Kier molecular flexibility index (Phi) is 4.56. The van der Waals surface area contributed by atoms with Crippen LogP contribution >= 0.6 is 0 Å². The molecule has 5 fully saturated rings. The highest BCUT2D eigenvalue weighted by molar-refractivity contribution is 5.77. The van der Waals surface area contributed by atoms with Crippen LogP contribution < -0.4 is 0 Å². The van der Waals surface area contributed by atoms with Crippen molar-refractivity contribution in [3.05, 3.63) is 0 Å². The summed E-state index contributed by atoms with van der Waals surface area (Å²) < 4.78 is 5.45. The van der Waals surface area contributed by atoms with Gasteiger partial charge in [-0.2, -0.15) is 5.26 Å². The third-order valence-corrected chi connectivity index (χ3v) is 7.12. The Hall–Kier alpha value is -1.08. The maximum Gasteiger partial charge on any atom is 0.223 e. The lowest BCUT2D eigenvalue weighted by atomic mass is 9.52. The number of carbonyl (C=O) groups is 1. The largest absolute Gasteiger partial charge is 0.381 e. The van der Waals surface area contributed by atoms with E-state index in [0.29, 0.717) is 31.2 Å². The minimum atomic E-state index is 0.0921. The summed E-state index contributed by atoms with van der Waals surface area (Å²) in [7, 11) is 0. The minimum Gasteiger partial charge on any atom is -0.381 e. The molecule has 0 aromatic rings. The summed E-state index contributed by atoms with van der Waals surface area (Å²) in [5.41, 5.74) is 0.0921. The van der Waals surface area contributed by atoms with E-state index in [1.54, 1.807) is 0 Å². The smallest absolute Gasteiger partial charge is 0.223 e. The van der Waals surface area contributed by atoms with Gasteiger partial charge in [-0.05, 0) is 75.0 Å². The number of rotatable bonds is 6. The summed E-state index contributed by atoms with van der Waals surface area (Å²) in [6.45, 7) is 2.32. The van der Waals surface area contributed by atoms with Gasteiger partial charge in [-0.25, -0.2) is 0 Å². The number of nitriles is 1. The highest BCUT2D eigenvalue weighted by atomic mass is 16.5. The highest BCUT2D eigenvalue weighted by Crippen LogP contribution is 2.58.